The molecular formula is C19H22N2O4. The summed E-state index contributed by atoms with van der Waals surface area (Å²) in [6, 6.07) is 12.4. The van der Waals surface area contributed by atoms with Crippen LogP contribution in [0.1, 0.15) is 24.0 Å². The second-order valence-corrected chi connectivity index (χ2v) is 6.28. The molecule has 0 radical (unpaired) electrons. The minimum absolute atomic E-state index is 0.160. The smallest absolute Gasteiger partial charge is 0.328 e. The third-order valence-electron chi connectivity index (χ3n) is 4.11. The number of ether oxygens (including phenoxy) is 1. The van der Waals surface area contributed by atoms with E-state index < -0.39 is 12.0 Å². The fourth-order valence-electron chi connectivity index (χ4n) is 2.59. The second-order valence-electron chi connectivity index (χ2n) is 6.28. The van der Waals surface area contributed by atoms with Crippen LogP contribution in [0.4, 0.5) is 0 Å². The van der Waals surface area contributed by atoms with E-state index >= 15 is 0 Å². The van der Waals surface area contributed by atoms with Crippen LogP contribution in [0.15, 0.2) is 46.9 Å². The first kappa shape index (κ1) is 17.2. The number of hydrogen-bond acceptors (Lipinski definition) is 5. The van der Waals surface area contributed by atoms with Gasteiger partial charge in [-0.3, -0.25) is 9.69 Å². The van der Waals surface area contributed by atoms with Crippen molar-refractivity contribution in [2.75, 3.05) is 6.54 Å². The fourth-order valence-corrected chi connectivity index (χ4v) is 2.59. The number of furan rings is 1. The molecule has 3 atom stereocenters. The van der Waals surface area contributed by atoms with E-state index in [1.54, 1.807) is 6.92 Å². The lowest BCUT2D eigenvalue weighted by atomic mass is 10.2. The van der Waals surface area contributed by atoms with Gasteiger partial charge in [0.2, 0.25) is 5.91 Å². The van der Waals surface area contributed by atoms with Crippen LogP contribution >= 0.6 is 0 Å². The average Bonchev–Trinajstić information content (AvgIpc) is 3.26. The summed E-state index contributed by atoms with van der Waals surface area (Å²) in [5, 5.41) is 2.71. The van der Waals surface area contributed by atoms with Crippen LogP contribution in [-0.2, 0) is 27.5 Å². The molecule has 6 heteroatoms. The first-order valence-electron chi connectivity index (χ1n) is 8.33. The summed E-state index contributed by atoms with van der Waals surface area (Å²) in [4.78, 5) is 26.2. The van der Waals surface area contributed by atoms with E-state index in [4.69, 9.17) is 9.15 Å². The normalized spacial score (nSPS) is 19.9. The van der Waals surface area contributed by atoms with Crippen molar-refractivity contribution in [3.63, 3.8) is 0 Å². The van der Waals surface area contributed by atoms with Crippen molar-refractivity contribution >= 4 is 11.9 Å². The van der Waals surface area contributed by atoms with Gasteiger partial charge in [-0.2, -0.15) is 0 Å². The Labute approximate surface area is 146 Å². The van der Waals surface area contributed by atoms with E-state index in [9.17, 15) is 9.59 Å². The number of aryl methyl sites for hydroxylation is 1. The quantitative estimate of drug-likeness (QED) is 0.616. The summed E-state index contributed by atoms with van der Waals surface area (Å²) in [5.41, 5.74) is 0.913. The van der Waals surface area contributed by atoms with Gasteiger partial charge in [-0.25, -0.2) is 4.79 Å². The summed E-state index contributed by atoms with van der Waals surface area (Å²) in [7, 11) is 0. The minimum atomic E-state index is -0.676. The third-order valence-corrected chi connectivity index (χ3v) is 4.11. The van der Waals surface area contributed by atoms with Gasteiger partial charge in [0.15, 0.2) is 0 Å². The Morgan fingerprint density at radius 2 is 2.04 bits per heavy atom. The van der Waals surface area contributed by atoms with Gasteiger partial charge in [0.05, 0.1) is 6.54 Å². The van der Waals surface area contributed by atoms with Gasteiger partial charge in [-0.15, -0.1) is 0 Å². The van der Waals surface area contributed by atoms with E-state index in [2.05, 4.69) is 5.32 Å². The number of carbonyl (C=O) groups is 2. The number of amides is 1. The summed E-state index contributed by atoms with van der Waals surface area (Å²) >= 11 is 0. The van der Waals surface area contributed by atoms with Crippen molar-refractivity contribution in [2.45, 2.75) is 39.1 Å². The van der Waals surface area contributed by atoms with Crippen LogP contribution < -0.4 is 5.32 Å². The molecule has 25 heavy (non-hydrogen) atoms. The molecule has 0 aliphatic carbocycles. The van der Waals surface area contributed by atoms with Crippen molar-refractivity contribution in [1.82, 2.24) is 10.2 Å². The molecule has 0 spiro atoms. The zero-order chi connectivity index (χ0) is 17.8. The van der Waals surface area contributed by atoms with E-state index in [1.165, 1.54) is 0 Å². The summed E-state index contributed by atoms with van der Waals surface area (Å²) in [6.07, 6.45) is 0. The maximum absolute atomic E-state index is 12.2. The maximum atomic E-state index is 12.2. The fraction of sp³-hybridized carbons (Fsp3) is 0.368. The summed E-state index contributed by atoms with van der Waals surface area (Å²) in [6.45, 7) is 4.98. The molecule has 1 aliphatic heterocycles. The molecule has 1 saturated heterocycles. The molecule has 3 rings (SSSR count). The first-order valence-corrected chi connectivity index (χ1v) is 8.33. The Bertz CT molecular complexity index is 741. The monoisotopic (exact) mass is 342 g/mol. The highest BCUT2D eigenvalue weighted by molar-refractivity contribution is 5.89. The number of nitrogens with zero attached hydrogens (tertiary/aromatic N) is 1. The van der Waals surface area contributed by atoms with Gasteiger partial charge < -0.3 is 14.5 Å². The molecule has 1 aliphatic rings. The highest BCUT2D eigenvalue weighted by Gasteiger charge is 2.41. The zero-order valence-corrected chi connectivity index (χ0v) is 14.4. The van der Waals surface area contributed by atoms with Crippen molar-refractivity contribution in [1.29, 1.82) is 0 Å². The predicted octanol–water partition coefficient (Wildman–Crippen LogP) is 2.02. The lowest BCUT2D eigenvalue weighted by Gasteiger charge is -2.13. The average molecular weight is 342 g/mol. The van der Waals surface area contributed by atoms with E-state index in [-0.39, 0.29) is 18.6 Å². The van der Waals surface area contributed by atoms with Gasteiger partial charge in [0.25, 0.3) is 0 Å². The Morgan fingerprint density at radius 1 is 1.28 bits per heavy atom. The molecule has 1 fully saturated rings. The molecule has 2 heterocycles. The maximum Gasteiger partial charge on any atom is 0.328 e. The number of rotatable bonds is 7. The summed E-state index contributed by atoms with van der Waals surface area (Å²) < 4.78 is 10.7. The Hall–Kier alpha value is -2.60. The van der Waals surface area contributed by atoms with Gasteiger partial charge in [0, 0.05) is 6.54 Å². The Morgan fingerprint density at radius 3 is 2.72 bits per heavy atom. The molecule has 3 unspecified atom stereocenters. The SMILES string of the molecule is Cc1ccc(CN2CC2C(=O)NC(C)C(=O)OCc2ccccc2)o1. The van der Waals surface area contributed by atoms with Crippen LogP contribution in [0.3, 0.4) is 0 Å². The number of esters is 1. The predicted molar refractivity (Wildman–Crippen MR) is 91.5 cm³/mol. The van der Waals surface area contributed by atoms with E-state index in [0.717, 1.165) is 17.1 Å². The second kappa shape index (κ2) is 7.53. The standard InChI is InChI=1S/C19H22N2O4/c1-13-8-9-16(25-13)10-21-11-17(21)18(22)20-14(2)19(23)24-12-15-6-4-3-5-7-15/h3-9,14,17H,10-12H2,1-2H3,(H,20,22). The van der Waals surface area contributed by atoms with E-state index in [1.807, 2.05) is 54.3 Å². The molecular weight excluding hydrogens is 320 g/mol. The van der Waals surface area contributed by atoms with Crippen molar-refractivity contribution < 1.29 is 18.7 Å². The minimum Gasteiger partial charge on any atom is -0.465 e. The molecule has 1 amide bonds. The lowest BCUT2D eigenvalue weighted by Crippen LogP contribution is -2.42. The van der Waals surface area contributed by atoms with Crippen LogP contribution in [-0.4, -0.2) is 35.4 Å². The molecule has 0 bridgehead atoms. The topological polar surface area (TPSA) is 71.5 Å². The van der Waals surface area contributed by atoms with Gasteiger partial charge in [0.1, 0.15) is 30.2 Å². The first-order chi connectivity index (χ1) is 12.0. The van der Waals surface area contributed by atoms with E-state index in [0.29, 0.717) is 13.1 Å². The van der Waals surface area contributed by atoms with Crippen molar-refractivity contribution in [3.05, 3.63) is 59.5 Å². The van der Waals surface area contributed by atoms with Crippen LogP contribution in [0.5, 0.6) is 0 Å². The molecule has 1 aromatic heterocycles. The van der Waals surface area contributed by atoms with Gasteiger partial charge in [-0.1, -0.05) is 30.3 Å². The number of benzene rings is 1. The molecule has 1 aromatic carbocycles. The number of carbonyl (C=O) groups excluding carboxylic acids is 2. The Balaban J connectivity index is 1.41. The largest absolute Gasteiger partial charge is 0.465 e. The number of nitrogens with one attached hydrogen (secondary N) is 1. The Kier molecular flexibility index (Phi) is 5.19. The van der Waals surface area contributed by atoms with Crippen molar-refractivity contribution in [3.8, 4) is 0 Å². The van der Waals surface area contributed by atoms with Gasteiger partial charge >= 0.3 is 5.97 Å². The molecule has 0 saturated carbocycles. The molecule has 1 N–H and O–H groups in total. The van der Waals surface area contributed by atoms with Crippen LogP contribution in [0, 0.1) is 6.92 Å². The zero-order valence-electron chi connectivity index (χ0n) is 14.4. The highest BCUT2D eigenvalue weighted by atomic mass is 16.5. The highest BCUT2D eigenvalue weighted by Crippen LogP contribution is 2.22. The number of hydrogen-bond donors (Lipinski definition) is 1. The van der Waals surface area contributed by atoms with Gasteiger partial charge in [-0.05, 0) is 31.5 Å². The van der Waals surface area contributed by atoms with Crippen molar-refractivity contribution in [2.24, 2.45) is 0 Å². The molecule has 2 aromatic rings. The lowest BCUT2D eigenvalue weighted by molar-refractivity contribution is -0.148. The van der Waals surface area contributed by atoms with Crippen LogP contribution in [0.2, 0.25) is 0 Å². The molecule has 6 nitrogen and oxygen atoms in total. The van der Waals surface area contributed by atoms with Crippen LogP contribution in [0.25, 0.3) is 0 Å². The third kappa shape index (κ3) is 4.70. The molecule has 132 valence electrons. The summed E-state index contributed by atoms with van der Waals surface area (Å²) in [5.74, 6) is 1.09.